The van der Waals surface area contributed by atoms with Gasteiger partial charge in [-0.2, -0.15) is 5.10 Å². The molecule has 1 amide bonds. The van der Waals surface area contributed by atoms with Crippen molar-refractivity contribution in [1.29, 1.82) is 0 Å². The summed E-state index contributed by atoms with van der Waals surface area (Å²) in [6.07, 6.45) is 4.59. The second-order valence-corrected chi connectivity index (χ2v) is 7.71. The minimum Gasteiger partial charge on any atom is -0.343 e. The van der Waals surface area contributed by atoms with Crippen molar-refractivity contribution >= 4 is 5.91 Å². The molecule has 1 aromatic rings. The first-order valence-electron chi connectivity index (χ1n) is 9.54. The van der Waals surface area contributed by atoms with Crippen molar-refractivity contribution in [3.8, 4) is 0 Å². The molecule has 2 aliphatic heterocycles. The summed E-state index contributed by atoms with van der Waals surface area (Å²) in [6, 6.07) is 3.39. The summed E-state index contributed by atoms with van der Waals surface area (Å²) < 4.78 is 1.63. The molecule has 25 heavy (non-hydrogen) atoms. The molecule has 3 rings (SSSR count). The molecule has 0 saturated carbocycles. The van der Waals surface area contributed by atoms with Gasteiger partial charge in [0.2, 0.25) is 5.91 Å². The van der Waals surface area contributed by atoms with E-state index in [0.717, 1.165) is 64.2 Å². The Kier molecular flexibility index (Phi) is 5.89. The molecule has 2 fully saturated rings. The van der Waals surface area contributed by atoms with Crippen molar-refractivity contribution in [2.45, 2.75) is 46.1 Å². The van der Waals surface area contributed by atoms with Gasteiger partial charge in [0.25, 0.3) is 5.56 Å². The van der Waals surface area contributed by atoms with E-state index in [0.29, 0.717) is 11.8 Å². The van der Waals surface area contributed by atoms with Gasteiger partial charge in [0.05, 0.1) is 5.69 Å². The van der Waals surface area contributed by atoms with Crippen LogP contribution in [0.3, 0.4) is 0 Å². The number of rotatable bonds is 4. The third-order valence-corrected chi connectivity index (χ3v) is 5.62. The Morgan fingerprint density at radius 3 is 2.60 bits per heavy atom. The van der Waals surface area contributed by atoms with E-state index in [1.807, 2.05) is 11.8 Å². The van der Waals surface area contributed by atoms with E-state index < -0.39 is 0 Å². The first-order valence-corrected chi connectivity index (χ1v) is 9.54. The summed E-state index contributed by atoms with van der Waals surface area (Å²) in [5.41, 5.74) is 0.893. The van der Waals surface area contributed by atoms with E-state index in [2.05, 4.69) is 10.00 Å². The van der Waals surface area contributed by atoms with Gasteiger partial charge < -0.3 is 9.80 Å². The van der Waals surface area contributed by atoms with Gasteiger partial charge in [0.15, 0.2) is 0 Å². The van der Waals surface area contributed by atoms with E-state index in [9.17, 15) is 9.59 Å². The molecule has 0 aromatic carbocycles. The van der Waals surface area contributed by atoms with Crippen molar-refractivity contribution in [3.63, 3.8) is 0 Å². The van der Waals surface area contributed by atoms with Gasteiger partial charge in [-0.15, -0.1) is 0 Å². The second kappa shape index (κ2) is 8.13. The van der Waals surface area contributed by atoms with Crippen LogP contribution in [-0.2, 0) is 11.3 Å². The number of aryl methyl sites for hydroxylation is 1. The summed E-state index contributed by atoms with van der Waals surface area (Å²) >= 11 is 0. The smallest absolute Gasteiger partial charge is 0.266 e. The highest BCUT2D eigenvalue weighted by atomic mass is 16.2. The number of carbonyl (C=O) groups excluding carboxylic acids is 1. The maximum atomic E-state index is 11.9. The molecule has 6 heteroatoms. The number of hydrogen-bond acceptors (Lipinski definition) is 4. The zero-order chi connectivity index (χ0) is 17.8. The number of piperidine rings is 2. The van der Waals surface area contributed by atoms with E-state index in [1.165, 1.54) is 6.42 Å². The SMILES string of the molecule is CC(=O)N1CCCC(CN2CCC(Cn3nc(C)ccc3=O)CC2)C1. The summed E-state index contributed by atoms with van der Waals surface area (Å²) in [5.74, 6) is 1.35. The molecule has 0 radical (unpaired) electrons. The Hall–Kier alpha value is -1.69. The summed E-state index contributed by atoms with van der Waals surface area (Å²) in [5, 5.41) is 4.36. The lowest BCUT2D eigenvalue weighted by Crippen LogP contribution is -2.45. The van der Waals surface area contributed by atoms with Crippen molar-refractivity contribution in [3.05, 3.63) is 28.2 Å². The van der Waals surface area contributed by atoms with Crippen molar-refractivity contribution in [2.75, 3.05) is 32.7 Å². The van der Waals surface area contributed by atoms with E-state index >= 15 is 0 Å². The molecule has 1 atom stereocenters. The minimum absolute atomic E-state index is 0.000408. The lowest BCUT2D eigenvalue weighted by Gasteiger charge is -2.38. The number of nitrogens with zero attached hydrogens (tertiary/aromatic N) is 4. The highest BCUT2D eigenvalue weighted by Crippen LogP contribution is 2.22. The average Bonchev–Trinajstić information content (AvgIpc) is 2.60. The Bertz CT molecular complexity index is 649. The van der Waals surface area contributed by atoms with Gasteiger partial charge in [-0.05, 0) is 63.6 Å². The normalized spacial score (nSPS) is 23.0. The third-order valence-electron chi connectivity index (χ3n) is 5.62. The number of hydrogen-bond donors (Lipinski definition) is 0. The highest BCUT2D eigenvalue weighted by Gasteiger charge is 2.26. The van der Waals surface area contributed by atoms with Crippen LogP contribution >= 0.6 is 0 Å². The first-order chi connectivity index (χ1) is 12.0. The van der Waals surface area contributed by atoms with Crippen LogP contribution < -0.4 is 5.56 Å². The molecular formula is C19H30N4O2. The van der Waals surface area contributed by atoms with Crippen LogP contribution in [0.25, 0.3) is 0 Å². The van der Waals surface area contributed by atoms with Gasteiger partial charge in [-0.25, -0.2) is 4.68 Å². The molecule has 3 heterocycles. The average molecular weight is 346 g/mol. The van der Waals surface area contributed by atoms with Gasteiger partial charge in [-0.3, -0.25) is 9.59 Å². The number of amides is 1. The summed E-state index contributed by atoms with van der Waals surface area (Å²) in [7, 11) is 0. The molecule has 0 spiro atoms. The molecular weight excluding hydrogens is 316 g/mol. The monoisotopic (exact) mass is 346 g/mol. The van der Waals surface area contributed by atoms with Gasteiger partial charge in [0.1, 0.15) is 0 Å². The van der Waals surface area contributed by atoms with E-state index in [1.54, 1.807) is 23.7 Å². The molecule has 138 valence electrons. The summed E-state index contributed by atoms with van der Waals surface area (Å²) in [6.45, 7) is 9.44. The molecule has 0 bridgehead atoms. The number of likely N-dealkylation sites (tertiary alicyclic amines) is 2. The van der Waals surface area contributed by atoms with E-state index in [-0.39, 0.29) is 11.5 Å². The first kappa shape index (κ1) is 18.1. The minimum atomic E-state index is -0.000408. The molecule has 2 saturated heterocycles. The van der Waals surface area contributed by atoms with Crippen LogP contribution in [-0.4, -0.2) is 58.2 Å². The van der Waals surface area contributed by atoms with Crippen LogP contribution in [0.15, 0.2) is 16.9 Å². The lowest BCUT2D eigenvalue weighted by atomic mass is 9.93. The number of carbonyl (C=O) groups is 1. The fourth-order valence-corrected chi connectivity index (χ4v) is 4.14. The van der Waals surface area contributed by atoms with Crippen LogP contribution in [0.2, 0.25) is 0 Å². The van der Waals surface area contributed by atoms with Crippen LogP contribution in [0.4, 0.5) is 0 Å². The third kappa shape index (κ3) is 4.91. The predicted octanol–water partition coefficient (Wildman–Crippen LogP) is 1.52. The number of aromatic nitrogens is 2. The Balaban J connectivity index is 1.46. The molecule has 1 unspecified atom stereocenters. The van der Waals surface area contributed by atoms with Crippen LogP contribution in [0, 0.1) is 18.8 Å². The van der Waals surface area contributed by atoms with Gasteiger partial charge in [0, 0.05) is 39.2 Å². The lowest BCUT2D eigenvalue weighted by molar-refractivity contribution is -0.130. The Morgan fingerprint density at radius 1 is 1.12 bits per heavy atom. The van der Waals surface area contributed by atoms with Gasteiger partial charge in [-0.1, -0.05) is 0 Å². The zero-order valence-corrected chi connectivity index (χ0v) is 15.5. The van der Waals surface area contributed by atoms with Crippen molar-refractivity contribution in [2.24, 2.45) is 11.8 Å². The zero-order valence-electron chi connectivity index (χ0n) is 15.5. The highest BCUT2D eigenvalue weighted by molar-refractivity contribution is 5.73. The van der Waals surface area contributed by atoms with Crippen molar-refractivity contribution < 1.29 is 4.79 Å². The topological polar surface area (TPSA) is 58.4 Å². The summed E-state index contributed by atoms with van der Waals surface area (Å²) in [4.78, 5) is 28.0. The molecule has 0 N–H and O–H groups in total. The Morgan fingerprint density at radius 2 is 1.88 bits per heavy atom. The van der Waals surface area contributed by atoms with Crippen LogP contribution in [0.1, 0.15) is 38.3 Å². The van der Waals surface area contributed by atoms with Crippen molar-refractivity contribution in [1.82, 2.24) is 19.6 Å². The fourth-order valence-electron chi connectivity index (χ4n) is 4.14. The second-order valence-electron chi connectivity index (χ2n) is 7.71. The fraction of sp³-hybridized carbons (Fsp3) is 0.737. The Labute approximate surface area is 149 Å². The van der Waals surface area contributed by atoms with E-state index in [4.69, 9.17) is 0 Å². The molecule has 1 aromatic heterocycles. The molecule has 2 aliphatic rings. The standard InChI is InChI=1S/C19H30N4O2/c1-15-5-6-19(25)23(20-15)14-17-7-10-21(11-8-17)12-18-4-3-9-22(13-18)16(2)24/h5-6,17-18H,3-4,7-14H2,1-2H3. The van der Waals surface area contributed by atoms with Crippen LogP contribution in [0.5, 0.6) is 0 Å². The molecule has 6 nitrogen and oxygen atoms in total. The maximum absolute atomic E-state index is 11.9. The molecule has 0 aliphatic carbocycles. The quantitative estimate of drug-likeness (QED) is 0.829. The van der Waals surface area contributed by atoms with Gasteiger partial charge >= 0.3 is 0 Å². The maximum Gasteiger partial charge on any atom is 0.266 e. The predicted molar refractivity (Wildman–Crippen MR) is 97.4 cm³/mol. The largest absolute Gasteiger partial charge is 0.343 e.